The van der Waals surface area contributed by atoms with Crippen molar-refractivity contribution >= 4 is 11.8 Å². The van der Waals surface area contributed by atoms with E-state index in [1.54, 1.807) is 0 Å². The molecule has 0 radical (unpaired) electrons. The molecule has 0 spiro atoms. The predicted molar refractivity (Wildman–Crippen MR) is 28.8 cm³/mol. The van der Waals surface area contributed by atoms with Gasteiger partial charge in [0.05, 0.1) is 6.42 Å². The molecule has 4 nitrogen and oxygen atoms in total. The molecule has 1 aliphatic rings. The minimum absolute atomic E-state index is 0.0446. The van der Waals surface area contributed by atoms with Gasteiger partial charge in [-0.2, -0.15) is 0 Å². The van der Waals surface area contributed by atoms with Gasteiger partial charge < -0.3 is 4.42 Å². The molecular weight excluding hydrogens is 120 g/mol. The minimum atomic E-state index is -0.0446. The highest BCUT2D eigenvalue weighted by molar-refractivity contribution is 5.96. The van der Waals surface area contributed by atoms with Crippen LogP contribution in [0.25, 0.3) is 0 Å². The average molecular weight is 124 g/mol. The van der Waals surface area contributed by atoms with Gasteiger partial charge in [-0.05, 0) is 0 Å². The molecule has 1 aromatic rings. The van der Waals surface area contributed by atoms with Crippen LogP contribution in [0.2, 0.25) is 0 Å². The number of amides is 1. The van der Waals surface area contributed by atoms with Gasteiger partial charge >= 0.3 is 0 Å². The van der Waals surface area contributed by atoms with Crippen LogP contribution >= 0.6 is 0 Å². The number of aromatic nitrogens is 1. The fourth-order valence-corrected chi connectivity index (χ4v) is 0.820. The predicted octanol–water partition coefficient (Wildman–Crippen LogP) is 0.169. The molecule has 9 heavy (non-hydrogen) atoms. The molecule has 4 heteroatoms. The zero-order valence-corrected chi connectivity index (χ0v) is 4.55. The third-order valence-electron chi connectivity index (χ3n) is 1.22. The maximum Gasteiger partial charge on any atom is 0.232 e. The minimum Gasteiger partial charge on any atom is -0.427 e. The average Bonchev–Trinajstić information content (AvgIpc) is 2.22. The first-order valence-electron chi connectivity index (χ1n) is 2.58. The number of carbonyl (C=O) groups is 1. The van der Waals surface area contributed by atoms with Crippen LogP contribution in [-0.2, 0) is 11.2 Å². The standard InChI is InChI=1S/C5H4N2O2/c8-4-1-3-5(7-4)9-2-6-3/h2H,1H2,(H,7,8). The Morgan fingerprint density at radius 1 is 1.78 bits per heavy atom. The Hall–Kier alpha value is -1.32. The highest BCUT2D eigenvalue weighted by atomic mass is 16.4. The summed E-state index contributed by atoms with van der Waals surface area (Å²) in [5.41, 5.74) is 0.708. The Kier molecular flexibility index (Phi) is 0.677. The largest absolute Gasteiger partial charge is 0.427 e. The second-order valence-electron chi connectivity index (χ2n) is 1.85. The first kappa shape index (κ1) is 4.55. The summed E-state index contributed by atoms with van der Waals surface area (Å²) in [5, 5.41) is 2.51. The van der Waals surface area contributed by atoms with Gasteiger partial charge in [0.25, 0.3) is 0 Å². The molecule has 0 aromatic carbocycles. The van der Waals surface area contributed by atoms with Gasteiger partial charge in [-0.1, -0.05) is 0 Å². The number of rotatable bonds is 0. The van der Waals surface area contributed by atoms with Crippen LogP contribution < -0.4 is 5.32 Å². The summed E-state index contributed by atoms with van der Waals surface area (Å²) in [7, 11) is 0. The third kappa shape index (κ3) is 0.526. The summed E-state index contributed by atoms with van der Waals surface area (Å²) >= 11 is 0. The molecule has 2 rings (SSSR count). The lowest BCUT2D eigenvalue weighted by molar-refractivity contribution is -0.115. The number of hydrogen-bond donors (Lipinski definition) is 1. The van der Waals surface area contributed by atoms with Crippen LogP contribution in [-0.4, -0.2) is 10.9 Å². The van der Waals surface area contributed by atoms with Gasteiger partial charge in [-0.25, -0.2) is 4.98 Å². The maximum absolute atomic E-state index is 10.6. The fourth-order valence-electron chi connectivity index (χ4n) is 0.820. The molecular formula is C5H4N2O2. The van der Waals surface area contributed by atoms with Crippen molar-refractivity contribution in [1.82, 2.24) is 4.98 Å². The van der Waals surface area contributed by atoms with E-state index in [9.17, 15) is 4.79 Å². The number of fused-ring (bicyclic) bond motifs is 1. The third-order valence-corrected chi connectivity index (χ3v) is 1.22. The number of nitrogens with zero attached hydrogens (tertiary/aromatic N) is 1. The Labute approximate surface area is 50.9 Å². The highest BCUT2D eigenvalue weighted by Gasteiger charge is 2.21. The quantitative estimate of drug-likeness (QED) is 0.536. The second-order valence-corrected chi connectivity index (χ2v) is 1.85. The van der Waals surface area contributed by atoms with Crippen molar-refractivity contribution in [1.29, 1.82) is 0 Å². The molecule has 2 heterocycles. The van der Waals surface area contributed by atoms with E-state index in [0.29, 0.717) is 18.0 Å². The molecule has 0 saturated carbocycles. The fraction of sp³-hybridized carbons (Fsp3) is 0.200. The molecule has 1 aliphatic heterocycles. The van der Waals surface area contributed by atoms with E-state index >= 15 is 0 Å². The molecule has 46 valence electrons. The Morgan fingerprint density at radius 2 is 2.67 bits per heavy atom. The first-order chi connectivity index (χ1) is 4.36. The van der Waals surface area contributed by atoms with Gasteiger partial charge in [0.1, 0.15) is 5.69 Å². The molecule has 0 saturated heterocycles. The van der Waals surface area contributed by atoms with Crippen LogP contribution in [0.3, 0.4) is 0 Å². The van der Waals surface area contributed by atoms with Crippen molar-refractivity contribution in [3.05, 3.63) is 12.1 Å². The monoisotopic (exact) mass is 124 g/mol. The summed E-state index contributed by atoms with van der Waals surface area (Å²) in [5.74, 6) is 0.455. The van der Waals surface area contributed by atoms with E-state index in [4.69, 9.17) is 4.42 Å². The lowest BCUT2D eigenvalue weighted by Gasteiger charge is -1.83. The second kappa shape index (κ2) is 1.34. The topological polar surface area (TPSA) is 55.1 Å². The van der Waals surface area contributed by atoms with Crippen molar-refractivity contribution < 1.29 is 9.21 Å². The lowest BCUT2D eigenvalue weighted by Crippen LogP contribution is -2.04. The zero-order chi connectivity index (χ0) is 6.27. The summed E-state index contributed by atoms with van der Waals surface area (Å²) in [6, 6.07) is 0. The molecule has 0 fully saturated rings. The SMILES string of the molecule is O=C1Cc2ncoc2N1. The molecule has 0 bridgehead atoms. The smallest absolute Gasteiger partial charge is 0.232 e. The van der Waals surface area contributed by atoms with Gasteiger partial charge in [-0.3, -0.25) is 10.1 Å². The number of carbonyl (C=O) groups excluding carboxylic acids is 1. The first-order valence-corrected chi connectivity index (χ1v) is 2.58. The number of oxazole rings is 1. The van der Waals surface area contributed by atoms with Crippen molar-refractivity contribution in [2.75, 3.05) is 5.32 Å². The van der Waals surface area contributed by atoms with Gasteiger partial charge in [0.15, 0.2) is 6.39 Å². The van der Waals surface area contributed by atoms with Crippen molar-refractivity contribution in [3.8, 4) is 0 Å². The van der Waals surface area contributed by atoms with E-state index in [1.807, 2.05) is 0 Å². The van der Waals surface area contributed by atoms with Gasteiger partial charge in [0.2, 0.25) is 11.8 Å². The van der Waals surface area contributed by atoms with Crippen LogP contribution in [0, 0.1) is 0 Å². The van der Waals surface area contributed by atoms with Crippen molar-refractivity contribution in [3.63, 3.8) is 0 Å². The van der Waals surface area contributed by atoms with Crippen molar-refractivity contribution in [2.45, 2.75) is 6.42 Å². The molecule has 1 amide bonds. The number of nitrogens with one attached hydrogen (secondary N) is 1. The summed E-state index contributed by atoms with van der Waals surface area (Å²) in [6.45, 7) is 0. The summed E-state index contributed by atoms with van der Waals surface area (Å²) in [6.07, 6.45) is 1.68. The van der Waals surface area contributed by atoms with Crippen LogP contribution in [0.4, 0.5) is 5.88 Å². The highest BCUT2D eigenvalue weighted by Crippen LogP contribution is 2.19. The molecule has 0 unspecified atom stereocenters. The van der Waals surface area contributed by atoms with Gasteiger partial charge in [-0.15, -0.1) is 0 Å². The van der Waals surface area contributed by atoms with Crippen LogP contribution in [0.1, 0.15) is 5.69 Å². The van der Waals surface area contributed by atoms with E-state index in [2.05, 4.69) is 10.3 Å². The lowest BCUT2D eigenvalue weighted by atomic mass is 10.4. The summed E-state index contributed by atoms with van der Waals surface area (Å²) in [4.78, 5) is 14.3. The molecule has 1 aromatic heterocycles. The van der Waals surface area contributed by atoms with Crippen LogP contribution in [0.5, 0.6) is 0 Å². The zero-order valence-electron chi connectivity index (χ0n) is 4.55. The molecule has 1 N–H and O–H groups in total. The Morgan fingerprint density at radius 3 is 3.44 bits per heavy atom. The summed E-state index contributed by atoms with van der Waals surface area (Å²) < 4.78 is 4.80. The molecule has 0 atom stereocenters. The van der Waals surface area contributed by atoms with Gasteiger partial charge in [0, 0.05) is 0 Å². The van der Waals surface area contributed by atoms with Crippen molar-refractivity contribution in [2.24, 2.45) is 0 Å². The Bertz CT molecular complexity index is 231. The van der Waals surface area contributed by atoms with E-state index in [1.165, 1.54) is 6.39 Å². The van der Waals surface area contributed by atoms with Crippen LogP contribution in [0.15, 0.2) is 10.8 Å². The Balaban J connectivity index is 2.49. The number of hydrogen-bond acceptors (Lipinski definition) is 3. The molecule has 0 aliphatic carbocycles. The number of anilines is 1. The van der Waals surface area contributed by atoms with E-state index in [-0.39, 0.29) is 5.91 Å². The van der Waals surface area contributed by atoms with E-state index in [0.717, 1.165) is 0 Å². The van der Waals surface area contributed by atoms with E-state index < -0.39 is 0 Å². The maximum atomic E-state index is 10.6. The normalized spacial score (nSPS) is 15.3.